The third-order valence-corrected chi connectivity index (χ3v) is 5.30. The van der Waals surface area contributed by atoms with Crippen molar-refractivity contribution >= 4 is 10.0 Å². The smallest absolute Gasteiger partial charge is 0.242 e. The van der Waals surface area contributed by atoms with Crippen molar-refractivity contribution in [2.75, 3.05) is 0 Å². The maximum absolute atomic E-state index is 12.5. The van der Waals surface area contributed by atoms with E-state index in [9.17, 15) is 8.42 Å². The van der Waals surface area contributed by atoms with Gasteiger partial charge in [0.2, 0.25) is 10.0 Å². The summed E-state index contributed by atoms with van der Waals surface area (Å²) in [6, 6.07) is 11.1. The highest BCUT2D eigenvalue weighted by molar-refractivity contribution is 7.89. The Morgan fingerprint density at radius 2 is 1.81 bits per heavy atom. The Kier molecular flexibility index (Phi) is 3.75. The zero-order chi connectivity index (χ0) is 14.9. The third kappa shape index (κ3) is 2.83. The highest BCUT2D eigenvalue weighted by atomic mass is 32.2. The predicted molar refractivity (Wildman–Crippen MR) is 80.1 cm³/mol. The van der Waals surface area contributed by atoms with Crippen LogP contribution in [0.15, 0.2) is 47.5 Å². The molecule has 0 bridgehead atoms. The first-order valence-electron chi connectivity index (χ1n) is 6.83. The van der Waals surface area contributed by atoms with Crippen LogP contribution in [-0.2, 0) is 29.4 Å². The van der Waals surface area contributed by atoms with Gasteiger partial charge in [-0.3, -0.25) is 4.98 Å². The maximum Gasteiger partial charge on any atom is 0.242 e. The second kappa shape index (κ2) is 5.55. The lowest BCUT2D eigenvalue weighted by Crippen LogP contribution is -2.36. The minimum absolute atomic E-state index is 0.0992. The Balaban J connectivity index is 1.82. The summed E-state index contributed by atoms with van der Waals surface area (Å²) in [6.07, 6.45) is 2.98. The van der Waals surface area contributed by atoms with Gasteiger partial charge in [0.1, 0.15) is 4.90 Å². The number of nitrogens with one attached hydrogen (secondary N) is 1. The Bertz CT molecular complexity index is 734. The number of benzene rings is 1. The van der Waals surface area contributed by atoms with Crippen molar-refractivity contribution < 1.29 is 8.42 Å². The average molecular weight is 303 g/mol. The molecular weight excluding hydrogens is 286 g/mol. The van der Waals surface area contributed by atoms with Gasteiger partial charge in [-0.05, 0) is 36.1 Å². The van der Waals surface area contributed by atoms with E-state index in [-0.39, 0.29) is 17.5 Å². The van der Waals surface area contributed by atoms with Gasteiger partial charge in [-0.2, -0.15) is 0 Å². The first kappa shape index (κ1) is 14.2. The minimum atomic E-state index is -3.60. The van der Waals surface area contributed by atoms with Gasteiger partial charge in [0.15, 0.2) is 0 Å². The normalized spacial score (nSPS) is 15.1. The topological polar surface area (TPSA) is 85.1 Å². The van der Waals surface area contributed by atoms with Crippen molar-refractivity contribution in [1.29, 1.82) is 0 Å². The summed E-state index contributed by atoms with van der Waals surface area (Å²) in [5, 5.41) is 0. The van der Waals surface area contributed by atoms with Crippen molar-refractivity contribution in [3.8, 4) is 0 Å². The molecule has 110 valence electrons. The van der Waals surface area contributed by atoms with Crippen LogP contribution in [0.4, 0.5) is 0 Å². The van der Waals surface area contributed by atoms with Gasteiger partial charge in [-0.1, -0.05) is 24.3 Å². The van der Waals surface area contributed by atoms with E-state index >= 15 is 0 Å². The third-order valence-electron chi connectivity index (χ3n) is 3.70. The predicted octanol–water partition coefficient (Wildman–Crippen LogP) is 0.986. The van der Waals surface area contributed by atoms with Gasteiger partial charge >= 0.3 is 0 Å². The van der Waals surface area contributed by atoms with Crippen molar-refractivity contribution in [3.05, 3.63) is 59.4 Å². The molecule has 21 heavy (non-hydrogen) atoms. The molecule has 0 amide bonds. The highest BCUT2D eigenvalue weighted by Crippen LogP contribution is 2.23. The first-order chi connectivity index (χ1) is 10.1. The molecule has 0 aliphatic heterocycles. The van der Waals surface area contributed by atoms with Crippen molar-refractivity contribution in [1.82, 2.24) is 9.71 Å². The van der Waals surface area contributed by atoms with Crippen molar-refractivity contribution in [2.45, 2.75) is 30.3 Å². The van der Waals surface area contributed by atoms with E-state index in [4.69, 9.17) is 5.73 Å². The van der Waals surface area contributed by atoms with E-state index < -0.39 is 10.0 Å². The second-order valence-electron chi connectivity index (χ2n) is 5.15. The number of aromatic nitrogens is 1. The standard InChI is InChI=1S/C15H17N3O2S/c16-10-14-15(6-3-7-17-14)21(19,20)18-13-8-11-4-1-2-5-12(11)9-13/h1-7,13,18H,8-10,16H2. The summed E-state index contributed by atoms with van der Waals surface area (Å²) >= 11 is 0. The van der Waals surface area contributed by atoms with Crippen LogP contribution in [0.2, 0.25) is 0 Å². The van der Waals surface area contributed by atoms with E-state index in [0.717, 1.165) is 0 Å². The zero-order valence-corrected chi connectivity index (χ0v) is 12.3. The summed E-state index contributed by atoms with van der Waals surface area (Å²) in [7, 11) is -3.60. The number of fused-ring (bicyclic) bond motifs is 1. The van der Waals surface area contributed by atoms with E-state index in [1.807, 2.05) is 24.3 Å². The summed E-state index contributed by atoms with van der Waals surface area (Å²) in [5.74, 6) is 0. The summed E-state index contributed by atoms with van der Waals surface area (Å²) in [6.45, 7) is 0.0992. The van der Waals surface area contributed by atoms with Crippen LogP contribution >= 0.6 is 0 Å². The van der Waals surface area contributed by atoms with Crippen LogP contribution in [0.3, 0.4) is 0 Å². The molecule has 6 heteroatoms. The van der Waals surface area contributed by atoms with Gasteiger partial charge in [-0.15, -0.1) is 0 Å². The fourth-order valence-corrected chi connectivity index (χ4v) is 4.18. The number of hydrogen-bond donors (Lipinski definition) is 2. The van der Waals surface area contributed by atoms with Gasteiger partial charge < -0.3 is 5.73 Å². The highest BCUT2D eigenvalue weighted by Gasteiger charge is 2.27. The zero-order valence-electron chi connectivity index (χ0n) is 11.5. The first-order valence-corrected chi connectivity index (χ1v) is 8.31. The monoisotopic (exact) mass is 303 g/mol. The molecule has 0 spiro atoms. The fraction of sp³-hybridized carbons (Fsp3) is 0.267. The second-order valence-corrected chi connectivity index (χ2v) is 6.83. The molecule has 1 aromatic carbocycles. The molecule has 1 heterocycles. The minimum Gasteiger partial charge on any atom is -0.325 e. The Morgan fingerprint density at radius 3 is 2.43 bits per heavy atom. The summed E-state index contributed by atoms with van der Waals surface area (Å²) in [5.41, 5.74) is 8.37. The molecular formula is C15H17N3O2S. The Labute approximate surface area is 124 Å². The lowest BCUT2D eigenvalue weighted by atomic mass is 10.1. The summed E-state index contributed by atoms with van der Waals surface area (Å²) < 4.78 is 27.8. The number of pyridine rings is 1. The average Bonchev–Trinajstić information content (AvgIpc) is 2.88. The molecule has 3 N–H and O–H groups in total. The Morgan fingerprint density at radius 1 is 1.14 bits per heavy atom. The van der Waals surface area contributed by atoms with E-state index in [1.165, 1.54) is 11.1 Å². The molecule has 1 aliphatic rings. The molecule has 0 fully saturated rings. The van der Waals surface area contributed by atoms with Crippen LogP contribution in [0.5, 0.6) is 0 Å². The van der Waals surface area contributed by atoms with Gasteiger partial charge in [0.05, 0.1) is 5.69 Å². The molecule has 3 rings (SSSR count). The van der Waals surface area contributed by atoms with Crippen molar-refractivity contribution in [2.24, 2.45) is 5.73 Å². The van der Waals surface area contributed by atoms with Crippen LogP contribution in [0.1, 0.15) is 16.8 Å². The molecule has 0 unspecified atom stereocenters. The molecule has 0 radical (unpaired) electrons. The van der Waals surface area contributed by atoms with E-state index in [1.54, 1.807) is 18.3 Å². The number of hydrogen-bond acceptors (Lipinski definition) is 4. The van der Waals surface area contributed by atoms with E-state index in [2.05, 4.69) is 9.71 Å². The lowest BCUT2D eigenvalue weighted by Gasteiger charge is -2.14. The number of nitrogens with zero attached hydrogens (tertiary/aromatic N) is 1. The molecule has 0 saturated heterocycles. The maximum atomic E-state index is 12.5. The van der Waals surface area contributed by atoms with Crippen LogP contribution < -0.4 is 10.5 Å². The largest absolute Gasteiger partial charge is 0.325 e. The number of rotatable bonds is 4. The summed E-state index contributed by atoms with van der Waals surface area (Å²) in [4.78, 5) is 4.20. The van der Waals surface area contributed by atoms with Crippen LogP contribution in [-0.4, -0.2) is 19.4 Å². The molecule has 0 atom stereocenters. The van der Waals surface area contributed by atoms with Gasteiger partial charge in [0, 0.05) is 18.8 Å². The molecule has 1 aliphatic carbocycles. The quantitative estimate of drug-likeness (QED) is 0.882. The number of sulfonamides is 1. The molecule has 5 nitrogen and oxygen atoms in total. The fourth-order valence-electron chi connectivity index (χ4n) is 2.75. The Hall–Kier alpha value is -1.76. The van der Waals surface area contributed by atoms with Crippen LogP contribution in [0, 0.1) is 0 Å². The number of nitrogens with two attached hydrogens (primary N) is 1. The van der Waals surface area contributed by atoms with Gasteiger partial charge in [0.25, 0.3) is 0 Å². The van der Waals surface area contributed by atoms with Crippen molar-refractivity contribution in [3.63, 3.8) is 0 Å². The molecule has 0 saturated carbocycles. The molecule has 1 aromatic heterocycles. The lowest BCUT2D eigenvalue weighted by molar-refractivity contribution is 0.554. The van der Waals surface area contributed by atoms with Crippen LogP contribution in [0.25, 0.3) is 0 Å². The SMILES string of the molecule is NCc1ncccc1S(=O)(=O)NC1Cc2ccccc2C1. The van der Waals surface area contributed by atoms with E-state index in [0.29, 0.717) is 18.5 Å². The molecule has 2 aromatic rings. The van der Waals surface area contributed by atoms with Gasteiger partial charge in [-0.25, -0.2) is 13.1 Å².